The van der Waals surface area contributed by atoms with Gasteiger partial charge in [-0.3, -0.25) is 19.1 Å². The third-order valence-corrected chi connectivity index (χ3v) is 6.62. The molecule has 0 aliphatic carbocycles. The molecule has 0 aromatic carbocycles. The Labute approximate surface area is 136 Å². The number of nitrogens with zero attached hydrogens (tertiary/aromatic N) is 3. The SMILES string of the molecule is N#Cc1cccnc1.NC(c1cccnc1)(P(=O)(O)O)P(=O)(O)O. The summed E-state index contributed by atoms with van der Waals surface area (Å²) in [5, 5.41) is 5.19. The van der Waals surface area contributed by atoms with E-state index in [4.69, 9.17) is 30.6 Å². The summed E-state index contributed by atoms with van der Waals surface area (Å²) in [6, 6.07) is 7.77. The highest BCUT2D eigenvalue weighted by molar-refractivity contribution is 7.71. The van der Waals surface area contributed by atoms with Crippen LogP contribution in [0.5, 0.6) is 0 Å². The molecule has 0 amide bonds. The first-order chi connectivity index (χ1) is 11.0. The molecule has 0 atom stereocenters. The first-order valence-corrected chi connectivity index (χ1v) is 9.37. The Bertz CT molecular complexity index is 777. The molecule has 0 saturated heterocycles. The Balaban J connectivity index is 0.000000300. The summed E-state index contributed by atoms with van der Waals surface area (Å²) in [5.41, 5.74) is 5.39. The Morgan fingerprint density at radius 3 is 1.79 bits per heavy atom. The van der Waals surface area contributed by atoms with E-state index in [9.17, 15) is 9.13 Å². The van der Waals surface area contributed by atoms with Crippen LogP contribution in [0.3, 0.4) is 0 Å². The molecule has 0 aliphatic heterocycles. The highest BCUT2D eigenvalue weighted by Crippen LogP contribution is 2.71. The van der Waals surface area contributed by atoms with Gasteiger partial charge < -0.3 is 25.3 Å². The summed E-state index contributed by atoms with van der Waals surface area (Å²) in [7, 11) is -10.5. The lowest BCUT2D eigenvalue weighted by atomic mass is 10.3. The van der Waals surface area contributed by atoms with Gasteiger partial charge in [0, 0.05) is 30.4 Å². The van der Waals surface area contributed by atoms with E-state index in [1.165, 1.54) is 18.5 Å². The third kappa shape index (κ3) is 4.54. The maximum Gasteiger partial charge on any atom is 0.362 e. The molecule has 0 radical (unpaired) electrons. The minimum Gasteiger partial charge on any atom is -0.322 e. The molecule has 2 rings (SSSR count). The van der Waals surface area contributed by atoms with E-state index in [2.05, 4.69) is 9.97 Å². The normalized spacial score (nSPS) is 11.8. The molecule has 2 aromatic heterocycles. The van der Waals surface area contributed by atoms with Gasteiger partial charge >= 0.3 is 15.2 Å². The lowest BCUT2D eigenvalue weighted by Crippen LogP contribution is -2.36. The lowest BCUT2D eigenvalue weighted by molar-refractivity contribution is 0.310. The zero-order chi connectivity index (χ0) is 18.4. The first kappa shape index (κ1) is 20.1. The van der Waals surface area contributed by atoms with Crippen molar-refractivity contribution in [2.45, 2.75) is 5.02 Å². The topological polar surface area (TPSA) is 191 Å². The van der Waals surface area contributed by atoms with Gasteiger partial charge in [0.25, 0.3) is 0 Å². The first-order valence-electron chi connectivity index (χ1n) is 6.15. The highest BCUT2D eigenvalue weighted by atomic mass is 31.2. The molecule has 0 bridgehead atoms. The minimum absolute atomic E-state index is 0.420. The second-order valence-corrected chi connectivity index (χ2v) is 8.35. The van der Waals surface area contributed by atoms with Crippen LogP contribution in [-0.4, -0.2) is 29.5 Å². The summed E-state index contributed by atoms with van der Waals surface area (Å²) >= 11 is 0. The Morgan fingerprint density at radius 2 is 1.50 bits per heavy atom. The van der Waals surface area contributed by atoms with Crippen molar-refractivity contribution < 1.29 is 28.7 Å². The second kappa shape index (κ2) is 7.75. The molecular formula is C12H14N4O6P2. The van der Waals surface area contributed by atoms with E-state index >= 15 is 0 Å². The van der Waals surface area contributed by atoms with Crippen molar-refractivity contribution in [3.63, 3.8) is 0 Å². The average molecular weight is 372 g/mol. The fraction of sp³-hybridized carbons (Fsp3) is 0.0833. The zero-order valence-electron chi connectivity index (χ0n) is 12.0. The van der Waals surface area contributed by atoms with Crippen LogP contribution in [0.1, 0.15) is 11.1 Å². The number of hydrogen-bond donors (Lipinski definition) is 5. The Hall–Kier alpha value is -1.95. The van der Waals surface area contributed by atoms with Gasteiger partial charge in [0.15, 0.2) is 0 Å². The number of nitrogens with two attached hydrogens (primary N) is 1. The van der Waals surface area contributed by atoms with Crippen molar-refractivity contribution in [2.24, 2.45) is 5.73 Å². The number of nitriles is 1. The molecule has 24 heavy (non-hydrogen) atoms. The zero-order valence-corrected chi connectivity index (χ0v) is 13.8. The van der Waals surface area contributed by atoms with Crippen molar-refractivity contribution in [1.82, 2.24) is 9.97 Å². The predicted octanol–water partition coefficient (Wildman–Crippen LogP) is 0.459. The number of aromatic nitrogens is 2. The average Bonchev–Trinajstić information content (AvgIpc) is 2.54. The molecule has 12 heteroatoms. The summed E-state index contributed by atoms with van der Waals surface area (Å²) in [4.78, 5) is 43.2. The molecule has 6 N–H and O–H groups in total. The van der Waals surface area contributed by atoms with Crippen molar-refractivity contribution in [2.75, 3.05) is 0 Å². The maximum absolute atomic E-state index is 11.1. The van der Waals surface area contributed by atoms with Gasteiger partial charge in [-0.05, 0) is 18.2 Å². The number of hydrogen-bond acceptors (Lipinski definition) is 6. The van der Waals surface area contributed by atoms with Crippen LogP contribution in [-0.2, 0) is 14.2 Å². The molecular weight excluding hydrogens is 358 g/mol. The van der Waals surface area contributed by atoms with Crippen LogP contribution in [0.4, 0.5) is 0 Å². The van der Waals surface area contributed by atoms with Gasteiger partial charge in [-0.25, -0.2) is 0 Å². The minimum atomic E-state index is -5.26. The lowest BCUT2D eigenvalue weighted by Gasteiger charge is -2.30. The molecule has 10 nitrogen and oxygen atoms in total. The molecule has 0 saturated carbocycles. The van der Waals surface area contributed by atoms with Gasteiger partial charge in [0.2, 0.25) is 5.02 Å². The van der Waals surface area contributed by atoms with E-state index in [1.807, 2.05) is 6.07 Å². The van der Waals surface area contributed by atoms with Gasteiger partial charge in [-0.2, -0.15) is 5.26 Å². The van der Waals surface area contributed by atoms with Crippen molar-refractivity contribution in [3.8, 4) is 6.07 Å². The largest absolute Gasteiger partial charge is 0.362 e. The van der Waals surface area contributed by atoms with Crippen LogP contribution in [0.2, 0.25) is 0 Å². The predicted molar refractivity (Wildman–Crippen MR) is 83.1 cm³/mol. The summed E-state index contributed by atoms with van der Waals surface area (Å²) in [6.45, 7) is 0. The number of rotatable bonds is 3. The molecule has 0 fully saturated rings. The van der Waals surface area contributed by atoms with Crippen molar-refractivity contribution in [1.29, 1.82) is 5.26 Å². The third-order valence-electron chi connectivity index (χ3n) is 2.77. The van der Waals surface area contributed by atoms with Crippen LogP contribution in [0, 0.1) is 11.3 Å². The van der Waals surface area contributed by atoms with Gasteiger partial charge in [-0.15, -0.1) is 0 Å². The van der Waals surface area contributed by atoms with Gasteiger partial charge in [0.1, 0.15) is 6.07 Å². The van der Waals surface area contributed by atoms with Crippen molar-refractivity contribution >= 4 is 15.2 Å². The standard InChI is InChI=1S/C6H10N2O6P2.C6H4N2/c7-6(15(9,10)11,16(12,13)14)5-2-1-3-8-4-5;7-4-6-2-1-3-8-5-6/h1-4H,7H2,(H2,9,10,11)(H2,12,13,14);1-3,5H. The Kier molecular flexibility index (Phi) is 6.49. The molecule has 2 aromatic rings. The van der Waals surface area contributed by atoms with Crippen LogP contribution in [0.15, 0.2) is 49.1 Å². The smallest absolute Gasteiger partial charge is 0.322 e. The maximum atomic E-state index is 11.1. The monoisotopic (exact) mass is 372 g/mol. The fourth-order valence-corrected chi connectivity index (χ4v) is 3.81. The highest BCUT2D eigenvalue weighted by Gasteiger charge is 2.59. The van der Waals surface area contributed by atoms with E-state index in [0.29, 0.717) is 5.56 Å². The molecule has 128 valence electrons. The molecule has 0 unspecified atom stereocenters. The van der Waals surface area contributed by atoms with Crippen LogP contribution >= 0.6 is 15.2 Å². The van der Waals surface area contributed by atoms with E-state index in [-0.39, 0.29) is 0 Å². The van der Waals surface area contributed by atoms with E-state index in [1.54, 1.807) is 18.3 Å². The summed E-state index contributed by atoms with van der Waals surface area (Å²) in [6.07, 6.45) is 5.35. The van der Waals surface area contributed by atoms with E-state index in [0.717, 1.165) is 12.3 Å². The van der Waals surface area contributed by atoms with Gasteiger partial charge in [-0.1, -0.05) is 6.07 Å². The quantitative estimate of drug-likeness (QED) is 0.473. The molecule has 0 aliphatic rings. The fourth-order valence-electron chi connectivity index (χ4n) is 1.52. The number of pyridine rings is 2. The Morgan fingerprint density at radius 1 is 1.00 bits per heavy atom. The van der Waals surface area contributed by atoms with Gasteiger partial charge in [0.05, 0.1) is 5.56 Å². The molecule has 0 spiro atoms. The van der Waals surface area contributed by atoms with Crippen LogP contribution in [0.25, 0.3) is 0 Å². The second-order valence-electron chi connectivity index (χ2n) is 4.41. The van der Waals surface area contributed by atoms with Crippen molar-refractivity contribution in [3.05, 3.63) is 60.2 Å². The van der Waals surface area contributed by atoms with Crippen LogP contribution < -0.4 is 5.73 Å². The summed E-state index contributed by atoms with van der Waals surface area (Å²) in [5.74, 6) is 0. The van der Waals surface area contributed by atoms with E-state index < -0.39 is 25.8 Å². The summed E-state index contributed by atoms with van der Waals surface area (Å²) < 4.78 is 22.3. The molecule has 2 heterocycles.